The summed E-state index contributed by atoms with van der Waals surface area (Å²) in [6.07, 6.45) is 1.70. The summed E-state index contributed by atoms with van der Waals surface area (Å²) in [7, 11) is 1.38. The average Bonchev–Trinajstić information content (AvgIpc) is 3.22. The molecule has 1 unspecified atom stereocenters. The first-order chi connectivity index (χ1) is 16.0. The van der Waals surface area contributed by atoms with Crippen molar-refractivity contribution in [1.82, 2.24) is 10.3 Å². The Kier molecular flexibility index (Phi) is 7.30. The van der Waals surface area contributed by atoms with Crippen molar-refractivity contribution in [2.45, 2.75) is 26.3 Å². The Morgan fingerprint density at radius 1 is 1.21 bits per heavy atom. The van der Waals surface area contributed by atoms with Crippen molar-refractivity contribution in [3.8, 4) is 10.6 Å². The van der Waals surface area contributed by atoms with Crippen LogP contribution in [0.2, 0.25) is 5.02 Å². The quantitative estimate of drug-likeness (QED) is 0.494. The van der Waals surface area contributed by atoms with Gasteiger partial charge in [0.25, 0.3) is 0 Å². The maximum atomic E-state index is 13.0. The number of amides is 1. The van der Waals surface area contributed by atoms with E-state index in [1.54, 1.807) is 17.4 Å². The number of nitrogens with zero attached hydrogens (tertiary/aromatic N) is 2. The van der Waals surface area contributed by atoms with Crippen LogP contribution in [0, 0.1) is 12.8 Å². The zero-order valence-corrected chi connectivity index (χ0v) is 20.2. The molecule has 1 atom stereocenters. The van der Waals surface area contributed by atoms with Crippen molar-refractivity contribution in [1.29, 1.82) is 0 Å². The van der Waals surface area contributed by atoms with Crippen LogP contribution < -0.4 is 10.2 Å². The molecule has 0 bridgehead atoms. The van der Waals surface area contributed by atoms with E-state index in [0.29, 0.717) is 23.7 Å². The number of ether oxygens (including phenoxy) is 1. The number of carbonyl (C=O) groups is 2. The number of thiazole rings is 1. The Hall–Kier alpha value is -2.90. The van der Waals surface area contributed by atoms with Crippen molar-refractivity contribution in [2.24, 2.45) is 5.92 Å². The molecular formula is C25H26ClN3O3S. The second-order valence-electron chi connectivity index (χ2n) is 8.05. The number of hydrogen-bond donors (Lipinski definition) is 1. The molecule has 33 heavy (non-hydrogen) atoms. The first kappa shape index (κ1) is 23.3. The molecule has 1 amide bonds. The fraction of sp³-hybridized carbons (Fsp3) is 0.320. The molecule has 0 saturated carbocycles. The number of rotatable bonds is 6. The minimum atomic E-state index is -0.366. The zero-order chi connectivity index (χ0) is 23.4. The first-order valence-electron chi connectivity index (χ1n) is 10.9. The number of piperidine rings is 1. The van der Waals surface area contributed by atoms with Gasteiger partial charge in [-0.05, 0) is 44.0 Å². The van der Waals surface area contributed by atoms with Gasteiger partial charge >= 0.3 is 5.97 Å². The summed E-state index contributed by atoms with van der Waals surface area (Å²) in [5.41, 5.74) is 3.27. The van der Waals surface area contributed by atoms with Crippen LogP contribution in [0.15, 0.2) is 48.5 Å². The number of aromatic nitrogens is 1. The van der Waals surface area contributed by atoms with E-state index in [1.165, 1.54) is 7.11 Å². The highest BCUT2D eigenvalue weighted by atomic mass is 35.5. The molecule has 1 saturated heterocycles. The second kappa shape index (κ2) is 10.4. The van der Waals surface area contributed by atoms with E-state index in [4.69, 9.17) is 16.3 Å². The molecule has 1 aromatic heterocycles. The van der Waals surface area contributed by atoms with Gasteiger partial charge in [-0.1, -0.05) is 35.9 Å². The van der Waals surface area contributed by atoms with E-state index in [0.717, 1.165) is 46.2 Å². The molecule has 1 N–H and O–H groups in total. The van der Waals surface area contributed by atoms with E-state index in [2.05, 4.69) is 15.2 Å². The van der Waals surface area contributed by atoms with Crippen LogP contribution in [0.4, 0.5) is 5.69 Å². The first-order valence-corrected chi connectivity index (χ1v) is 12.1. The van der Waals surface area contributed by atoms with Crippen LogP contribution in [-0.2, 0) is 16.1 Å². The van der Waals surface area contributed by atoms with Crippen molar-refractivity contribution in [3.05, 3.63) is 69.7 Å². The summed E-state index contributed by atoms with van der Waals surface area (Å²) >= 11 is 7.57. The molecule has 1 aliphatic heterocycles. The standard InChI is InChI=1S/C25H26ClN3O3S/c1-16-22(33-24(28-16)17-9-11-19(26)12-10-17)14-27-23(30)18-6-5-13-29(15-18)21-8-4-3-7-20(21)25(31)32-2/h3-4,7-12,18H,5-6,13-15H2,1-2H3,(H,27,30). The highest BCUT2D eigenvalue weighted by molar-refractivity contribution is 7.15. The third kappa shape index (κ3) is 5.37. The number of aryl methyl sites for hydroxylation is 1. The lowest BCUT2D eigenvalue weighted by Gasteiger charge is -2.34. The van der Waals surface area contributed by atoms with Gasteiger partial charge in [0.05, 0.1) is 36.5 Å². The molecule has 2 aromatic carbocycles. The molecule has 0 aliphatic carbocycles. The lowest BCUT2D eigenvalue weighted by Crippen LogP contribution is -2.43. The number of benzene rings is 2. The minimum absolute atomic E-state index is 0.0242. The molecule has 8 heteroatoms. The number of halogens is 1. The molecule has 0 radical (unpaired) electrons. The van der Waals surface area contributed by atoms with Gasteiger partial charge in [0.1, 0.15) is 5.01 Å². The molecule has 6 nitrogen and oxygen atoms in total. The van der Waals surface area contributed by atoms with Crippen molar-refractivity contribution in [3.63, 3.8) is 0 Å². The Bertz CT molecular complexity index is 1150. The van der Waals surface area contributed by atoms with Crippen molar-refractivity contribution < 1.29 is 14.3 Å². The van der Waals surface area contributed by atoms with Gasteiger partial charge in [-0.25, -0.2) is 9.78 Å². The molecule has 3 aromatic rings. The number of hydrogen-bond acceptors (Lipinski definition) is 6. The molecule has 1 aliphatic rings. The van der Waals surface area contributed by atoms with Crippen LogP contribution in [0.25, 0.3) is 10.6 Å². The summed E-state index contributed by atoms with van der Waals surface area (Å²) in [5.74, 6) is -0.487. The van der Waals surface area contributed by atoms with E-state index in [9.17, 15) is 9.59 Å². The Morgan fingerprint density at radius 3 is 2.73 bits per heavy atom. The fourth-order valence-corrected chi connectivity index (χ4v) is 5.20. The second-order valence-corrected chi connectivity index (χ2v) is 9.57. The van der Waals surface area contributed by atoms with Gasteiger partial charge in [-0.2, -0.15) is 0 Å². The van der Waals surface area contributed by atoms with E-state index in [1.807, 2.05) is 49.4 Å². The minimum Gasteiger partial charge on any atom is -0.465 e. The van der Waals surface area contributed by atoms with Gasteiger partial charge in [-0.3, -0.25) is 4.79 Å². The van der Waals surface area contributed by atoms with Gasteiger partial charge in [0.2, 0.25) is 5.91 Å². The third-order valence-corrected chi connectivity index (χ3v) is 7.31. The average molecular weight is 484 g/mol. The lowest BCUT2D eigenvalue weighted by molar-refractivity contribution is -0.125. The number of esters is 1. The monoisotopic (exact) mass is 483 g/mol. The summed E-state index contributed by atoms with van der Waals surface area (Å²) < 4.78 is 4.92. The maximum Gasteiger partial charge on any atom is 0.339 e. The van der Waals surface area contributed by atoms with Gasteiger partial charge in [0, 0.05) is 28.6 Å². The topological polar surface area (TPSA) is 71.5 Å². The highest BCUT2D eigenvalue weighted by Gasteiger charge is 2.28. The highest BCUT2D eigenvalue weighted by Crippen LogP contribution is 2.30. The zero-order valence-electron chi connectivity index (χ0n) is 18.6. The summed E-state index contributed by atoms with van der Waals surface area (Å²) in [6, 6.07) is 15.0. The predicted octanol–water partition coefficient (Wildman–Crippen LogP) is 5.09. The summed E-state index contributed by atoms with van der Waals surface area (Å²) in [4.78, 5) is 33.0. The summed E-state index contributed by atoms with van der Waals surface area (Å²) in [5, 5.41) is 4.70. The molecular weight excluding hydrogens is 458 g/mol. The number of anilines is 1. The van der Waals surface area contributed by atoms with Crippen molar-refractivity contribution in [2.75, 3.05) is 25.1 Å². The normalized spacial score (nSPS) is 15.8. The van der Waals surface area contributed by atoms with Crippen LogP contribution in [0.1, 0.15) is 33.8 Å². The molecule has 1 fully saturated rings. The Balaban J connectivity index is 1.41. The smallest absolute Gasteiger partial charge is 0.339 e. The van der Waals surface area contributed by atoms with Crippen LogP contribution in [0.5, 0.6) is 0 Å². The number of carbonyl (C=O) groups excluding carboxylic acids is 2. The van der Waals surface area contributed by atoms with Crippen molar-refractivity contribution >= 4 is 40.5 Å². The maximum absolute atomic E-state index is 13.0. The van der Waals surface area contributed by atoms with E-state index in [-0.39, 0.29) is 17.8 Å². The SMILES string of the molecule is COC(=O)c1ccccc1N1CCCC(C(=O)NCc2sc(-c3ccc(Cl)cc3)nc2C)C1. The predicted molar refractivity (Wildman–Crippen MR) is 132 cm³/mol. The molecule has 172 valence electrons. The molecule has 2 heterocycles. The number of methoxy groups -OCH3 is 1. The third-order valence-electron chi connectivity index (χ3n) is 5.85. The van der Waals surface area contributed by atoms with Crippen LogP contribution >= 0.6 is 22.9 Å². The van der Waals surface area contributed by atoms with Gasteiger partial charge in [-0.15, -0.1) is 11.3 Å². The van der Waals surface area contributed by atoms with Gasteiger partial charge < -0.3 is 15.0 Å². The van der Waals surface area contributed by atoms with E-state index >= 15 is 0 Å². The lowest BCUT2D eigenvalue weighted by atomic mass is 9.96. The van der Waals surface area contributed by atoms with Crippen LogP contribution in [-0.4, -0.2) is 37.1 Å². The Morgan fingerprint density at radius 2 is 1.97 bits per heavy atom. The summed E-state index contributed by atoms with van der Waals surface area (Å²) in [6.45, 7) is 3.78. The number of para-hydroxylation sites is 1. The fourth-order valence-electron chi connectivity index (χ4n) is 4.06. The Labute approximate surface area is 202 Å². The van der Waals surface area contributed by atoms with Crippen LogP contribution in [0.3, 0.4) is 0 Å². The number of nitrogens with one attached hydrogen (secondary N) is 1. The molecule has 0 spiro atoms. The van der Waals surface area contributed by atoms with E-state index < -0.39 is 0 Å². The largest absolute Gasteiger partial charge is 0.465 e. The van der Waals surface area contributed by atoms with Gasteiger partial charge in [0.15, 0.2) is 0 Å². The molecule has 4 rings (SSSR count).